The second-order valence-electron chi connectivity index (χ2n) is 6.01. The average molecular weight is 305 g/mol. The average Bonchev–Trinajstić information content (AvgIpc) is 2.48. The Bertz CT molecular complexity index is 466. The molecule has 0 spiro atoms. The number of carbonyl (C=O) groups is 1. The Balaban J connectivity index is 1.70. The van der Waals surface area contributed by atoms with Crippen molar-refractivity contribution in [3.63, 3.8) is 0 Å². The molecule has 1 saturated heterocycles. The third-order valence-corrected chi connectivity index (χ3v) is 3.88. The van der Waals surface area contributed by atoms with Gasteiger partial charge in [0.05, 0.1) is 6.54 Å². The second-order valence-corrected chi connectivity index (χ2v) is 6.01. The highest BCUT2D eigenvalue weighted by atomic mass is 16.2. The Labute approximate surface area is 132 Å². The van der Waals surface area contributed by atoms with Crippen molar-refractivity contribution in [2.75, 3.05) is 70.5 Å². The van der Waals surface area contributed by atoms with Gasteiger partial charge in [0.25, 0.3) is 0 Å². The van der Waals surface area contributed by atoms with E-state index in [1.807, 2.05) is 26.2 Å². The number of amides is 1. The molecule has 2 rings (SSSR count). The third-order valence-electron chi connectivity index (χ3n) is 3.88. The summed E-state index contributed by atoms with van der Waals surface area (Å²) < 4.78 is 0. The molecule has 0 unspecified atom stereocenters. The molecule has 1 heterocycles. The van der Waals surface area contributed by atoms with Crippen molar-refractivity contribution in [2.24, 2.45) is 0 Å². The van der Waals surface area contributed by atoms with Crippen molar-refractivity contribution in [1.82, 2.24) is 15.1 Å². The molecule has 0 bridgehead atoms. The lowest BCUT2D eigenvalue weighted by molar-refractivity contribution is -0.122. The first-order valence-corrected chi connectivity index (χ1v) is 7.79. The minimum Gasteiger partial charge on any atom is -0.399 e. The maximum atomic E-state index is 11.9. The third kappa shape index (κ3) is 5.20. The molecule has 0 radical (unpaired) electrons. The summed E-state index contributed by atoms with van der Waals surface area (Å²) in [6.07, 6.45) is 0. The minimum absolute atomic E-state index is 0.114. The van der Waals surface area contributed by atoms with Crippen LogP contribution in [0.25, 0.3) is 0 Å². The van der Waals surface area contributed by atoms with E-state index in [4.69, 9.17) is 5.73 Å². The Morgan fingerprint density at radius 1 is 1.18 bits per heavy atom. The van der Waals surface area contributed by atoms with Crippen molar-refractivity contribution in [3.05, 3.63) is 24.3 Å². The standard InChI is InChI=1S/C16H27N5O/c1-19(2)8-7-18-16(22)13-20-9-11-21(12-10-20)15-5-3-14(17)4-6-15/h3-6H,7-13,17H2,1-2H3,(H,18,22). The van der Waals surface area contributed by atoms with Gasteiger partial charge in [-0.2, -0.15) is 0 Å². The lowest BCUT2D eigenvalue weighted by atomic mass is 10.2. The summed E-state index contributed by atoms with van der Waals surface area (Å²) >= 11 is 0. The van der Waals surface area contributed by atoms with E-state index in [0.717, 1.165) is 38.4 Å². The highest BCUT2D eigenvalue weighted by molar-refractivity contribution is 5.78. The fourth-order valence-corrected chi connectivity index (χ4v) is 2.53. The lowest BCUT2D eigenvalue weighted by Gasteiger charge is -2.35. The van der Waals surface area contributed by atoms with E-state index in [2.05, 4.69) is 32.1 Å². The van der Waals surface area contributed by atoms with Gasteiger partial charge in [0.2, 0.25) is 5.91 Å². The number of hydrogen-bond donors (Lipinski definition) is 2. The van der Waals surface area contributed by atoms with Gasteiger partial charge in [-0.15, -0.1) is 0 Å². The predicted molar refractivity (Wildman–Crippen MR) is 91.1 cm³/mol. The van der Waals surface area contributed by atoms with Crippen LogP contribution in [0.4, 0.5) is 11.4 Å². The van der Waals surface area contributed by atoms with Crippen LogP contribution in [0.1, 0.15) is 0 Å². The van der Waals surface area contributed by atoms with E-state index in [1.165, 1.54) is 5.69 Å². The van der Waals surface area contributed by atoms with Crippen molar-refractivity contribution in [2.45, 2.75) is 0 Å². The number of piperazine rings is 1. The van der Waals surface area contributed by atoms with Gasteiger partial charge >= 0.3 is 0 Å². The fourth-order valence-electron chi connectivity index (χ4n) is 2.53. The zero-order valence-corrected chi connectivity index (χ0v) is 13.6. The van der Waals surface area contributed by atoms with Gasteiger partial charge < -0.3 is 20.9 Å². The van der Waals surface area contributed by atoms with E-state index in [0.29, 0.717) is 13.1 Å². The molecule has 0 saturated carbocycles. The molecule has 1 fully saturated rings. The lowest BCUT2D eigenvalue weighted by Crippen LogP contribution is -2.49. The Kier molecular flexibility index (Phi) is 6.03. The maximum absolute atomic E-state index is 11.9. The van der Waals surface area contributed by atoms with Gasteiger partial charge in [0.1, 0.15) is 0 Å². The zero-order chi connectivity index (χ0) is 15.9. The minimum atomic E-state index is 0.114. The first kappa shape index (κ1) is 16.6. The van der Waals surface area contributed by atoms with Crippen LogP contribution in [0.15, 0.2) is 24.3 Å². The molecule has 6 nitrogen and oxygen atoms in total. The number of likely N-dealkylation sites (N-methyl/N-ethyl adjacent to an activating group) is 1. The molecular weight excluding hydrogens is 278 g/mol. The second kappa shape index (κ2) is 8.00. The normalized spacial score (nSPS) is 16.0. The van der Waals surface area contributed by atoms with Crippen LogP contribution in [0.5, 0.6) is 0 Å². The molecular formula is C16H27N5O. The van der Waals surface area contributed by atoms with Crippen molar-refractivity contribution in [1.29, 1.82) is 0 Å². The van der Waals surface area contributed by atoms with E-state index in [9.17, 15) is 4.79 Å². The highest BCUT2D eigenvalue weighted by Crippen LogP contribution is 2.17. The molecule has 0 aliphatic carbocycles. The van der Waals surface area contributed by atoms with Crippen LogP contribution >= 0.6 is 0 Å². The predicted octanol–water partition coefficient (Wildman–Crippen LogP) is 0.0686. The molecule has 1 aliphatic rings. The van der Waals surface area contributed by atoms with Crippen LogP contribution < -0.4 is 16.0 Å². The van der Waals surface area contributed by atoms with Crippen LogP contribution in [-0.4, -0.2) is 75.6 Å². The first-order chi connectivity index (χ1) is 10.5. The molecule has 1 amide bonds. The first-order valence-electron chi connectivity index (χ1n) is 7.79. The number of carbonyl (C=O) groups excluding carboxylic acids is 1. The Morgan fingerprint density at radius 2 is 1.82 bits per heavy atom. The van der Waals surface area contributed by atoms with Crippen LogP contribution in [0, 0.1) is 0 Å². The van der Waals surface area contributed by atoms with Gasteiger partial charge in [0.15, 0.2) is 0 Å². The highest BCUT2D eigenvalue weighted by Gasteiger charge is 2.18. The zero-order valence-electron chi connectivity index (χ0n) is 13.6. The van der Waals surface area contributed by atoms with Crippen LogP contribution in [0.3, 0.4) is 0 Å². The van der Waals surface area contributed by atoms with E-state index >= 15 is 0 Å². The number of nitrogens with two attached hydrogens (primary N) is 1. The van der Waals surface area contributed by atoms with Crippen LogP contribution in [-0.2, 0) is 4.79 Å². The molecule has 122 valence electrons. The Morgan fingerprint density at radius 3 is 2.41 bits per heavy atom. The molecule has 22 heavy (non-hydrogen) atoms. The van der Waals surface area contributed by atoms with E-state index in [-0.39, 0.29) is 5.91 Å². The topological polar surface area (TPSA) is 64.8 Å². The molecule has 3 N–H and O–H groups in total. The molecule has 1 aromatic rings. The van der Waals surface area contributed by atoms with E-state index < -0.39 is 0 Å². The number of hydrogen-bond acceptors (Lipinski definition) is 5. The van der Waals surface area contributed by atoms with Gasteiger partial charge in [-0.3, -0.25) is 9.69 Å². The van der Waals surface area contributed by atoms with Gasteiger partial charge in [-0.05, 0) is 38.4 Å². The van der Waals surface area contributed by atoms with Crippen molar-refractivity contribution >= 4 is 17.3 Å². The van der Waals surface area contributed by atoms with Gasteiger partial charge in [0, 0.05) is 50.6 Å². The quantitative estimate of drug-likeness (QED) is 0.728. The number of nitrogen functional groups attached to an aromatic ring is 1. The monoisotopic (exact) mass is 305 g/mol. The SMILES string of the molecule is CN(C)CCNC(=O)CN1CCN(c2ccc(N)cc2)CC1. The molecule has 6 heteroatoms. The maximum Gasteiger partial charge on any atom is 0.234 e. The molecule has 0 aromatic heterocycles. The van der Waals surface area contributed by atoms with Crippen molar-refractivity contribution < 1.29 is 4.79 Å². The van der Waals surface area contributed by atoms with Crippen molar-refractivity contribution in [3.8, 4) is 0 Å². The van der Waals surface area contributed by atoms with Gasteiger partial charge in [-0.1, -0.05) is 0 Å². The summed E-state index contributed by atoms with van der Waals surface area (Å²) in [5.74, 6) is 0.114. The molecule has 1 aliphatic heterocycles. The van der Waals surface area contributed by atoms with Crippen LogP contribution in [0.2, 0.25) is 0 Å². The summed E-state index contributed by atoms with van der Waals surface area (Å²) in [6, 6.07) is 7.97. The van der Waals surface area contributed by atoms with E-state index in [1.54, 1.807) is 0 Å². The number of anilines is 2. The summed E-state index contributed by atoms with van der Waals surface area (Å²) in [7, 11) is 4.01. The summed E-state index contributed by atoms with van der Waals surface area (Å²) in [6.45, 7) is 5.76. The number of benzene rings is 1. The Hall–Kier alpha value is -1.79. The summed E-state index contributed by atoms with van der Waals surface area (Å²) in [5.41, 5.74) is 7.70. The smallest absolute Gasteiger partial charge is 0.234 e. The largest absolute Gasteiger partial charge is 0.399 e. The summed E-state index contributed by atoms with van der Waals surface area (Å²) in [5, 5.41) is 2.96. The number of rotatable bonds is 6. The molecule has 0 atom stereocenters. The number of nitrogens with one attached hydrogen (secondary N) is 1. The summed E-state index contributed by atoms with van der Waals surface area (Å²) in [4.78, 5) is 18.5. The van der Waals surface area contributed by atoms with Gasteiger partial charge in [-0.25, -0.2) is 0 Å². The fraction of sp³-hybridized carbons (Fsp3) is 0.562. The molecule has 1 aromatic carbocycles. The number of nitrogens with zero attached hydrogens (tertiary/aromatic N) is 3.